The minimum Gasteiger partial charge on any atom is -0.369 e. The standard InChI is InChI=1S/C22H26FN3/c1-25(2)16-19-5-3-17(4-6-19)13-18-9-11-26(12-10-18)22-8-7-20(15-24)14-21(22)23/h3-8,14,18H,9-13,16H2,1-2H3. The largest absolute Gasteiger partial charge is 0.369 e. The molecule has 136 valence electrons. The van der Waals surface area contributed by atoms with Crippen molar-refractivity contribution in [1.29, 1.82) is 5.26 Å². The van der Waals surface area contributed by atoms with E-state index >= 15 is 0 Å². The third kappa shape index (κ3) is 4.62. The van der Waals surface area contributed by atoms with E-state index in [0.717, 1.165) is 38.9 Å². The number of piperidine rings is 1. The second-order valence-corrected chi connectivity index (χ2v) is 7.47. The van der Waals surface area contributed by atoms with Crippen LogP contribution in [0.1, 0.15) is 29.5 Å². The first-order valence-electron chi connectivity index (χ1n) is 9.22. The summed E-state index contributed by atoms with van der Waals surface area (Å²) in [6, 6.07) is 15.7. The molecule has 0 unspecified atom stereocenters. The van der Waals surface area contributed by atoms with Crippen LogP contribution >= 0.6 is 0 Å². The molecule has 1 heterocycles. The van der Waals surface area contributed by atoms with E-state index in [1.807, 2.05) is 6.07 Å². The highest BCUT2D eigenvalue weighted by Gasteiger charge is 2.21. The lowest BCUT2D eigenvalue weighted by Crippen LogP contribution is -2.34. The summed E-state index contributed by atoms with van der Waals surface area (Å²) < 4.78 is 14.2. The number of rotatable bonds is 5. The fourth-order valence-electron chi connectivity index (χ4n) is 3.69. The van der Waals surface area contributed by atoms with Crippen LogP contribution in [-0.2, 0) is 13.0 Å². The Morgan fingerprint density at radius 2 is 1.73 bits per heavy atom. The molecule has 0 atom stereocenters. The molecule has 0 aromatic heterocycles. The van der Waals surface area contributed by atoms with Gasteiger partial charge in [-0.05, 0) is 68.6 Å². The van der Waals surface area contributed by atoms with Crippen LogP contribution in [0.25, 0.3) is 0 Å². The minimum absolute atomic E-state index is 0.293. The molecule has 0 radical (unpaired) electrons. The molecule has 1 aliphatic heterocycles. The molecule has 1 fully saturated rings. The Labute approximate surface area is 155 Å². The van der Waals surface area contributed by atoms with Gasteiger partial charge in [0.2, 0.25) is 0 Å². The van der Waals surface area contributed by atoms with Crippen molar-refractivity contribution in [3.63, 3.8) is 0 Å². The lowest BCUT2D eigenvalue weighted by atomic mass is 9.89. The summed E-state index contributed by atoms with van der Waals surface area (Å²) in [6.07, 6.45) is 3.23. The Bertz CT molecular complexity index is 769. The maximum Gasteiger partial charge on any atom is 0.147 e. The van der Waals surface area contributed by atoms with Crippen molar-refractivity contribution in [3.05, 3.63) is 65.0 Å². The normalized spacial score (nSPS) is 15.3. The second kappa shape index (κ2) is 8.33. The topological polar surface area (TPSA) is 30.3 Å². The zero-order chi connectivity index (χ0) is 18.5. The van der Waals surface area contributed by atoms with E-state index in [1.54, 1.807) is 12.1 Å². The fraction of sp³-hybridized carbons (Fsp3) is 0.409. The van der Waals surface area contributed by atoms with E-state index in [2.05, 4.69) is 48.2 Å². The summed E-state index contributed by atoms with van der Waals surface area (Å²) in [5.74, 6) is 0.353. The van der Waals surface area contributed by atoms with Gasteiger partial charge in [-0.2, -0.15) is 5.26 Å². The lowest BCUT2D eigenvalue weighted by molar-refractivity contribution is 0.399. The molecule has 2 aromatic carbocycles. The molecule has 3 rings (SSSR count). The van der Waals surface area contributed by atoms with E-state index < -0.39 is 0 Å². The second-order valence-electron chi connectivity index (χ2n) is 7.47. The SMILES string of the molecule is CN(C)Cc1ccc(CC2CCN(c3ccc(C#N)cc3F)CC2)cc1. The highest BCUT2D eigenvalue weighted by molar-refractivity contribution is 5.51. The first kappa shape index (κ1) is 18.4. The quantitative estimate of drug-likeness (QED) is 0.808. The molecular formula is C22H26FN3. The summed E-state index contributed by atoms with van der Waals surface area (Å²) in [5, 5.41) is 8.87. The molecule has 26 heavy (non-hydrogen) atoms. The molecule has 0 N–H and O–H groups in total. The number of hydrogen-bond donors (Lipinski definition) is 0. The van der Waals surface area contributed by atoms with Crippen LogP contribution in [0, 0.1) is 23.1 Å². The van der Waals surface area contributed by atoms with Crippen LogP contribution in [-0.4, -0.2) is 32.1 Å². The van der Waals surface area contributed by atoms with Gasteiger partial charge in [-0.15, -0.1) is 0 Å². The van der Waals surface area contributed by atoms with E-state index in [0.29, 0.717) is 17.2 Å². The molecule has 2 aromatic rings. The fourth-order valence-corrected chi connectivity index (χ4v) is 3.69. The van der Waals surface area contributed by atoms with Gasteiger partial charge in [0.05, 0.1) is 17.3 Å². The maximum atomic E-state index is 14.2. The van der Waals surface area contributed by atoms with Crippen molar-refractivity contribution in [2.45, 2.75) is 25.8 Å². The Balaban J connectivity index is 1.55. The van der Waals surface area contributed by atoms with Gasteiger partial charge in [0.15, 0.2) is 0 Å². The summed E-state index contributed by atoms with van der Waals surface area (Å²) >= 11 is 0. The third-order valence-corrected chi connectivity index (χ3v) is 5.08. The highest BCUT2D eigenvalue weighted by Crippen LogP contribution is 2.28. The minimum atomic E-state index is -0.293. The monoisotopic (exact) mass is 351 g/mol. The van der Waals surface area contributed by atoms with Gasteiger partial charge in [-0.25, -0.2) is 4.39 Å². The first-order chi connectivity index (χ1) is 12.5. The first-order valence-corrected chi connectivity index (χ1v) is 9.22. The molecule has 1 saturated heterocycles. The molecule has 0 aliphatic carbocycles. The van der Waals surface area contributed by atoms with Gasteiger partial charge < -0.3 is 9.80 Å². The Morgan fingerprint density at radius 3 is 2.31 bits per heavy atom. The van der Waals surface area contributed by atoms with E-state index in [9.17, 15) is 4.39 Å². The number of benzene rings is 2. The average Bonchev–Trinajstić information content (AvgIpc) is 2.63. The van der Waals surface area contributed by atoms with Crippen molar-refractivity contribution in [2.24, 2.45) is 5.92 Å². The third-order valence-electron chi connectivity index (χ3n) is 5.08. The highest BCUT2D eigenvalue weighted by atomic mass is 19.1. The smallest absolute Gasteiger partial charge is 0.147 e. The number of nitriles is 1. The van der Waals surface area contributed by atoms with Crippen LogP contribution in [0.2, 0.25) is 0 Å². The van der Waals surface area contributed by atoms with Crippen molar-refractivity contribution >= 4 is 5.69 Å². The van der Waals surface area contributed by atoms with Gasteiger partial charge in [0.1, 0.15) is 5.82 Å². The Kier molecular flexibility index (Phi) is 5.90. The number of anilines is 1. The van der Waals surface area contributed by atoms with Gasteiger partial charge in [0.25, 0.3) is 0 Å². The van der Waals surface area contributed by atoms with Gasteiger partial charge in [-0.1, -0.05) is 24.3 Å². The molecular weight excluding hydrogens is 325 g/mol. The molecule has 0 bridgehead atoms. The predicted molar refractivity (Wildman–Crippen MR) is 104 cm³/mol. The van der Waals surface area contributed by atoms with E-state index in [4.69, 9.17) is 5.26 Å². The summed E-state index contributed by atoms with van der Waals surface area (Å²) in [4.78, 5) is 4.28. The molecule has 0 spiro atoms. The average molecular weight is 351 g/mol. The zero-order valence-electron chi connectivity index (χ0n) is 15.6. The van der Waals surface area contributed by atoms with Gasteiger partial charge in [0, 0.05) is 19.6 Å². The van der Waals surface area contributed by atoms with E-state index in [1.165, 1.54) is 17.2 Å². The van der Waals surface area contributed by atoms with Crippen LogP contribution in [0.4, 0.5) is 10.1 Å². The lowest BCUT2D eigenvalue weighted by Gasteiger charge is -2.34. The maximum absolute atomic E-state index is 14.2. The molecule has 3 nitrogen and oxygen atoms in total. The Hall–Kier alpha value is -2.38. The van der Waals surface area contributed by atoms with Crippen LogP contribution < -0.4 is 4.90 Å². The van der Waals surface area contributed by atoms with Crippen LogP contribution in [0.5, 0.6) is 0 Å². The molecule has 1 aliphatic rings. The number of hydrogen-bond acceptors (Lipinski definition) is 3. The molecule has 0 saturated carbocycles. The molecule has 0 amide bonds. The summed E-state index contributed by atoms with van der Waals surface area (Å²) in [6.45, 7) is 2.70. The summed E-state index contributed by atoms with van der Waals surface area (Å²) in [5.41, 5.74) is 3.72. The molecule has 4 heteroatoms. The zero-order valence-corrected chi connectivity index (χ0v) is 15.6. The van der Waals surface area contributed by atoms with Gasteiger partial charge >= 0.3 is 0 Å². The number of nitrogens with zero attached hydrogens (tertiary/aromatic N) is 3. The van der Waals surface area contributed by atoms with Crippen molar-refractivity contribution in [1.82, 2.24) is 4.90 Å². The predicted octanol–water partition coefficient (Wildman–Crippen LogP) is 4.22. The van der Waals surface area contributed by atoms with Crippen molar-refractivity contribution in [3.8, 4) is 6.07 Å². The van der Waals surface area contributed by atoms with E-state index in [-0.39, 0.29) is 5.82 Å². The van der Waals surface area contributed by atoms with Crippen LogP contribution in [0.3, 0.4) is 0 Å². The Morgan fingerprint density at radius 1 is 1.08 bits per heavy atom. The summed E-state index contributed by atoms with van der Waals surface area (Å²) in [7, 11) is 4.16. The van der Waals surface area contributed by atoms with Crippen LogP contribution in [0.15, 0.2) is 42.5 Å². The van der Waals surface area contributed by atoms with Gasteiger partial charge in [-0.3, -0.25) is 0 Å². The van der Waals surface area contributed by atoms with Crippen molar-refractivity contribution < 1.29 is 4.39 Å². The van der Waals surface area contributed by atoms with Crippen molar-refractivity contribution in [2.75, 3.05) is 32.1 Å². The number of halogens is 1.